The fourth-order valence-corrected chi connectivity index (χ4v) is 3.38. The zero-order valence-corrected chi connectivity index (χ0v) is 10.4. The quantitative estimate of drug-likeness (QED) is 0.774. The van der Waals surface area contributed by atoms with E-state index in [1.165, 1.54) is 17.7 Å². The number of anilines is 1. The van der Waals surface area contributed by atoms with Gasteiger partial charge in [-0.1, -0.05) is 26.0 Å². The first-order valence-corrected chi connectivity index (χ1v) is 6.26. The highest BCUT2D eigenvalue weighted by Crippen LogP contribution is 2.48. The van der Waals surface area contributed by atoms with Crippen molar-refractivity contribution in [3.05, 3.63) is 29.3 Å². The zero-order chi connectivity index (χ0) is 11.3. The number of nitrogens with one attached hydrogen (secondary N) is 1. The van der Waals surface area contributed by atoms with Crippen LogP contribution in [0.1, 0.15) is 31.4 Å². The number of likely N-dealkylation sites (N-methyl/N-ethyl adjacent to an activating group) is 1. The van der Waals surface area contributed by atoms with E-state index in [-0.39, 0.29) is 0 Å². The molecule has 2 nitrogen and oxygen atoms in total. The van der Waals surface area contributed by atoms with Crippen molar-refractivity contribution in [2.45, 2.75) is 38.3 Å². The molecule has 1 saturated heterocycles. The van der Waals surface area contributed by atoms with Crippen LogP contribution in [0, 0.1) is 0 Å². The van der Waals surface area contributed by atoms with E-state index in [9.17, 15) is 0 Å². The van der Waals surface area contributed by atoms with Crippen molar-refractivity contribution in [3.8, 4) is 0 Å². The molecule has 86 valence electrons. The maximum absolute atomic E-state index is 3.62. The Morgan fingerprint density at radius 1 is 1.50 bits per heavy atom. The number of rotatable bonds is 1. The second kappa shape index (κ2) is 3.24. The van der Waals surface area contributed by atoms with Crippen molar-refractivity contribution in [1.82, 2.24) is 5.32 Å². The molecule has 0 spiro atoms. The lowest BCUT2D eigenvalue weighted by atomic mass is 9.81. The molecule has 3 rings (SSSR count). The lowest BCUT2D eigenvalue weighted by Crippen LogP contribution is -2.44. The molecule has 2 heteroatoms. The molecule has 0 radical (unpaired) electrons. The minimum absolute atomic E-state index is 0.315. The second-order valence-corrected chi connectivity index (χ2v) is 5.34. The second-order valence-electron chi connectivity index (χ2n) is 5.34. The van der Waals surface area contributed by atoms with Gasteiger partial charge in [-0.15, -0.1) is 0 Å². The van der Waals surface area contributed by atoms with Crippen molar-refractivity contribution in [3.63, 3.8) is 0 Å². The summed E-state index contributed by atoms with van der Waals surface area (Å²) in [5, 5.41) is 3.62. The Balaban J connectivity index is 2.16. The van der Waals surface area contributed by atoms with Gasteiger partial charge in [-0.3, -0.25) is 5.32 Å². The molecule has 2 atom stereocenters. The van der Waals surface area contributed by atoms with E-state index >= 15 is 0 Å². The van der Waals surface area contributed by atoms with Crippen molar-refractivity contribution >= 4 is 5.69 Å². The van der Waals surface area contributed by atoms with Gasteiger partial charge in [0.25, 0.3) is 0 Å². The van der Waals surface area contributed by atoms with Gasteiger partial charge >= 0.3 is 0 Å². The standard InChI is InChI=1S/C14H20N2/c1-4-10-5-6-12-11(9-10)14(2)7-8-15-13(14)16(12)3/h5-6,9,13,15H,4,7-8H2,1-3H3/t13?,14-/m0/s1. The summed E-state index contributed by atoms with van der Waals surface area (Å²) < 4.78 is 0. The topological polar surface area (TPSA) is 15.3 Å². The summed E-state index contributed by atoms with van der Waals surface area (Å²) in [6.45, 7) is 5.77. The summed E-state index contributed by atoms with van der Waals surface area (Å²) in [6.07, 6.45) is 2.88. The first-order valence-electron chi connectivity index (χ1n) is 6.26. The Hall–Kier alpha value is -1.02. The summed E-state index contributed by atoms with van der Waals surface area (Å²) in [6, 6.07) is 6.97. The molecule has 1 N–H and O–H groups in total. The van der Waals surface area contributed by atoms with Crippen LogP contribution >= 0.6 is 0 Å². The molecular weight excluding hydrogens is 196 g/mol. The highest BCUT2D eigenvalue weighted by Gasteiger charge is 2.49. The van der Waals surface area contributed by atoms with E-state index in [1.54, 1.807) is 5.56 Å². The number of nitrogens with zero attached hydrogens (tertiary/aromatic N) is 1. The lowest BCUT2D eigenvalue weighted by molar-refractivity contribution is 0.431. The number of fused-ring (bicyclic) bond motifs is 3. The Bertz CT molecular complexity index is 427. The zero-order valence-electron chi connectivity index (χ0n) is 10.4. The summed E-state index contributed by atoms with van der Waals surface area (Å²) in [7, 11) is 2.21. The normalized spacial score (nSPS) is 31.7. The largest absolute Gasteiger partial charge is 0.358 e. The van der Waals surface area contributed by atoms with Crippen LogP contribution in [0.25, 0.3) is 0 Å². The Morgan fingerprint density at radius 2 is 2.31 bits per heavy atom. The van der Waals surface area contributed by atoms with E-state index in [2.05, 4.69) is 49.3 Å². The molecule has 2 aliphatic rings. The average molecular weight is 216 g/mol. The van der Waals surface area contributed by atoms with Crippen molar-refractivity contribution in [2.75, 3.05) is 18.5 Å². The fourth-order valence-electron chi connectivity index (χ4n) is 3.38. The Kier molecular flexibility index (Phi) is 2.05. The fraction of sp³-hybridized carbons (Fsp3) is 0.571. The maximum Gasteiger partial charge on any atom is 0.0889 e. The first-order chi connectivity index (χ1) is 7.66. The molecule has 0 amide bonds. The third-order valence-corrected chi connectivity index (χ3v) is 4.44. The molecule has 2 heterocycles. The molecule has 16 heavy (non-hydrogen) atoms. The van der Waals surface area contributed by atoms with Gasteiger partial charge in [0.15, 0.2) is 0 Å². The smallest absolute Gasteiger partial charge is 0.0889 e. The predicted octanol–water partition coefficient (Wildman–Crippen LogP) is 2.28. The molecule has 1 aromatic carbocycles. The Labute approximate surface area is 97.6 Å². The number of benzene rings is 1. The number of aryl methyl sites for hydroxylation is 1. The number of hydrogen-bond donors (Lipinski definition) is 1. The molecule has 0 aliphatic carbocycles. The Morgan fingerprint density at radius 3 is 3.06 bits per heavy atom. The van der Waals surface area contributed by atoms with Gasteiger partial charge in [0.2, 0.25) is 0 Å². The minimum Gasteiger partial charge on any atom is -0.358 e. The SMILES string of the molecule is CCc1ccc2c(c1)[C@]1(C)CCNC1N2C. The van der Waals surface area contributed by atoms with Gasteiger partial charge in [0.1, 0.15) is 0 Å². The van der Waals surface area contributed by atoms with Gasteiger partial charge in [0, 0.05) is 18.2 Å². The van der Waals surface area contributed by atoms with Crippen LogP contribution in [0.4, 0.5) is 5.69 Å². The summed E-state index contributed by atoms with van der Waals surface area (Å²) in [4.78, 5) is 2.40. The van der Waals surface area contributed by atoms with Crippen LogP contribution in [0.2, 0.25) is 0 Å². The van der Waals surface area contributed by atoms with Crippen molar-refractivity contribution < 1.29 is 0 Å². The average Bonchev–Trinajstić information content (AvgIpc) is 2.78. The number of hydrogen-bond acceptors (Lipinski definition) is 2. The van der Waals surface area contributed by atoms with E-state index < -0.39 is 0 Å². The molecule has 2 aliphatic heterocycles. The summed E-state index contributed by atoms with van der Waals surface area (Å²) in [5.41, 5.74) is 4.73. The van der Waals surface area contributed by atoms with Crippen LogP contribution in [-0.2, 0) is 11.8 Å². The summed E-state index contributed by atoms with van der Waals surface area (Å²) in [5.74, 6) is 0. The molecule has 1 unspecified atom stereocenters. The van der Waals surface area contributed by atoms with Crippen LogP contribution in [-0.4, -0.2) is 19.8 Å². The highest BCUT2D eigenvalue weighted by molar-refractivity contribution is 5.65. The van der Waals surface area contributed by atoms with Crippen LogP contribution in [0.15, 0.2) is 18.2 Å². The third-order valence-electron chi connectivity index (χ3n) is 4.44. The maximum atomic E-state index is 3.62. The molecule has 0 bridgehead atoms. The molecular formula is C14H20N2. The van der Waals surface area contributed by atoms with Gasteiger partial charge in [-0.05, 0) is 36.6 Å². The van der Waals surface area contributed by atoms with E-state index in [1.807, 2.05) is 0 Å². The van der Waals surface area contributed by atoms with Crippen LogP contribution in [0.5, 0.6) is 0 Å². The lowest BCUT2D eigenvalue weighted by Gasteiger charge is -2.27. The van der Waals surface area contributed by atoms with Gasteiger partial charge in [-0.2, -0.15) is 0 Å². The predicted molar refractivity (Wildman–Crippen MR) is 68.0 cm³/mol. The van der Waals surface area contributed by atoms with E-state index in [4.69, 9.17) is 0 Å². The molecule has 1 aromatic rings. The molecule has 1 fully saturated rings. The van der Waals surface area contributed by atoms with Gasteiger partial charge < -0.3 is 4.90 Å². The molecule has 0 saturated carbocycles. The van der Waals surface area contributed by atoms with E-state index in [0.29, 0.717) is 11.6 Å². The monoisotopic (exact) mass is 216 g/mol. The van der Waals surface area contributed by atoms with Crippen LogP contribution in [0.3, 0.4) is 0 Å². The third kappa shape index (κ3) is 1.11. The summed E-state index contributed by atoms with van der Waals surface area (Å²) >= 11 is 0. The van der Waals surface area contributed by atoms with Crippen molar-refractivity contribution in [1.29, 1.82) is 0 Å². The van der Waals surface area contributed by atoms with E-state index in [0.717, 1.165) is 13.0 Å². The van der Waals surface area contributed by atoms with Crippen molar-refractivity contribution in [2.24, 2.45) is 0 Å². The molecule has 0 aromatic heterocycles. The minimum atomic E-state index is 0.315. The van der Waals surface area contributed by atoms with Gasteiger partial charge in [-0.25, -0.2) is 0 Å². The first kappa shape index (κ1) is 10.2. The van der Waals surface area contributed by atoms with Crippen LogP contribution < -0.4 is 10.2 Å². The van der Waals surface area contributed by atoms with Gasteiger partial charge in [0.05, 0.1) is 6.17 Å². The highest BCUT2D eigenvalue weighted by atomic mass is 15.3.